The van der Waals surface area contributed by atoms with E-state index in [4.69, 9.17) is 27.9 Å². The fourth-order valence-electron chi connectivity index (χ4n) is 3.07. The Labute approximate surface area is 157 Å². The molecule has 0 radical (unpaired) electrons. The summed E-state index contributed by atoms with van der Waals surface area (Å²) in [4.78, 5) is 24.8. The van der Waals surface area contributed by atoms with Gasteiger partial charge in [0.05, 0.1) is 6.10 Å². The third kappa shape index (κ3) is 4.46. The summed E-state index contributed by atoms with van der Waals surface area (Å²) >= 11 is 12.0. The van der Waals surface area contributed by atoms with Gasteiger partial charge in [0.15, 0.2) is 0 Å². The van der Waals surface area contributed by atoms with Crippen molar-refractivity contribution < 1.29 is 14.3 Å². The summed E-state index contributed by atoms with van der Waals surface area (Å²) in [5, 5.41) is 6.90. The van der Waals surface area contributed by atoms with Crippen LogP contribution in [0.3, 0.4) is 0 Å². The van der Waals surface area contributed by atoms with Gasteiger partial charge in [0, 0.05) is 29.7 Å². The Morgan fingerprint density at radius 2 is 1.96 bits per heavy atom. The van der Waals surface area contributed by atoms with Gasteiger partial charge in [0.2, 0.25) is 11.8 Å². The molecule has 0 aromatic heterocycles. The minimum Gasteiger partial charge on any atom is -0.376 e. The van der Waals surface area contributed by atoms with Gasteiger partial charge in [-0.1, -0.05) is 29.3 Å². The van der Waals surface area contributed by atoms with E-state index in [1.807, 2.05) is 6.07 Å². The molecule has 2 N–H and O–H groups in total. The molecule has 1 unspecified atom stereocenters. The van der Waals surface area contributed by atoms with E-state index in [1.165, 1.54) is 0 Å². The van der Waals surface area contributed by atoms with Gasteiger partial charge < -0.3 is 15.4 Å². The quantitative estimate of drug-likeness (QED) is 0.710. The molecule has 2 fully saturated rings. The Balaban J connectivity index is 1.45. The monoisotopic (exact) mass is 384 g/mol. The van der Waals surface area contributed by atoms with E-state index >= 15 is 0 Å². The van der Waals surface area contributed by atoms with E-state index in [0.717, 1.165) is 25.0 Å². The van der Waals surface area contributed by atoms with Crippen molar-refractivity contribution in [3.05, 3.63) is 33.8 Å². The van der Waals surface area contributed by atoms with Gasteiger partial charge in [0.1, 0.15) is 5.41 Å². The fraction of sp³-hybridized carbons (Fsp3) is 0.556. The molecule has 2 aliphatic rings. The van der Waals surface area contributed by atoms with Crippen molar-refractivity contribution in [2.24, 2.45) is 5.41 Å². The molecule has 1 saturated heterocycles. The summed E-state index contributed by atoms with van der Waals surface area (Å²) in [6, 6.07) is 5.30. The number of benzene rings is 1. The second kappa shape index (κ2) is 7.94. The minimum absolute atomic E-state index is 0.0786. The Hall–Kier alpha value is -1.30. The van der Waals surface area contributed by atoms with Crippen LogP contribution in [-0.4, -0.2) is 37.6 Å². The lowest BCUT2D eigenvalue weighted by atomic mass is 10.0. The minimum atomic E-state index is -0.900. The van der Waals surface area contributed by atoms with Crippen molar-refractivity contribution in [2.45, 2.75) is 38.2 Å². The molecule has 0 bridgehead atoms. The molecule has 2 amide bonds. The SMILES string of the molecule is O=C(NCCc1ccc(Cl)cc1Cl)C1(C(=O)NCC2CCCO2)CC1. The highest BCUT2D eigenvalue weighted by Gasteiger charge is 2.56. The summed E-state index contributed by atoms with van der Waals surface area (Å²) in [7, 11) is 0. The maximum atomic E-state index is 12.4. The normalized spacial score (nSPS) is 21.0. The molecule has 1 saturated carbocycles. The van der Waals surface area contributed by atoms with Crippen molar-refractivity contribution in [3.8, 4) is 0 Å². The molecule has 7 heteroatoms. The predicted octanol–water partition coefficient (Wildman–Crippen LogP) is 2.73. The average molecular weight is 385 g/mol. The van der Waals surface area contributed by atoms with Crippen LogP contribution in [0.4, 0.5) is 0 Å². The molecule has 1 aliphatic carbocycles. The van der Waals surface area contributed by atoms with Crippen LogP contribution < -0.4 is 10.6 Å². The Morgan fingerprint density at radius 3 is 2.60 bits per heavy atom. The molecule has 1 heterocycles. The lowest BCUT2D eigenvalue weighted by Crippen LogP contribution is -2.45. The van der Waals surface area contributed by atoms with Crippen molar-refractivity contribution in [2.75, 3.05) is 19.7 Å². The zero-order chi connectivity index (χ0) is 17.9. The first-order valence-electron chi connectivity index (χ1n) is 8.63. The molecule has 1 aromatic rings. The average Bonchev–Trinajstić information content (AvgIpc) is 3.24. The number of carbonyl (C=O) groups is 2. The Bertz CT molecular complexity index is 656. The van der Waals surface area contributed by atoms with Gasteiger partial charge in [-0.25, -0.2) is 0 Å². The molecular weight excluding hydrogens is 363 g/mol. The van der Waals surface area contributed by atoms with Gasteiger partial charge in [-0.05, 0) is 49.8 Å². The van der Waals surface area contributed by atoms with Gasteiger partial charge in [-0.3, -0.25) is 9.59 Å². The summed E-state index contributed by atoms with van der Waals surface area (Å²) in [6.07, 6.45) is 3.85. The summed E-state index contributed by atoms with van der Waals surface area (Å²) in [6.45, 7) is 1.66. The summed E-state index contributed by atoms with van der Waals surface area (Å²) in [5.41, 5.74) is 0.0154. The summed E-state index contributed by atoms with van der Waals surface area (Å²) < 4.78 is 5.49. The summed E-state index contributed by atoms with van der Waals surface area (Å²) in [5.74, 6) is -0.396. The lowest BCUT2D eigenvalue weighted by molar-refractivity contribution is -0.137. The maximum Gasteiger partial charge on any atom is 0.235 e. The maximum absolute atomic E-state index is 12.4. The number of ether oxygens (including phenoxy) is 1. The molecule has 1 aromatic carbocycles. The standard InChI is InChI=1S/C18H22Cl2N2O3/c19-13-4-3-12(15(20)10-13)5-8-21-16(23)18(6-7-18)17(24)22-11-14-2-1-9-25-14/h3-4,10,14H,1-2,5-9,11H2,(H,21,23)(H,22,24). The van der Waals surface area contributed by atoms with E-state index in [2.05, 4.69) is 10.6 Å². The largest absolute Gasteiger partial charge is 0.376 e. The number of amides is 2. The zero-order valence-corrected chi connectivity index (χ0v) is 15.5. The molecule has 1 atom stereocenters. The number of hydrogen-bond donors (Lipinski definition) is 2. The van der Waals surface area contributed by atoms with E-state index in [0.29, 0.717) is 42.4 Å². The van der Waals surface area contributed by atoms with Crippen LogP contribution in [0.25, 0.3) is 0 Å². The number of rotatable bonds is 7. The highest BCUT2D eigenvalue weighted by atomic mass is 35.5. The van der Waals surface area contributed by atoms with Crippen LogP contribution in [0.15, 0.2) is 18.2 Å². The number of halogens is 2. The Kier molecular flexibility index (Phi) is 5.87. The van der Waals surface area contributed by atoms with Crippen LogP contribution >= 0.6 is 23.2 Å². The molecule has 136 valence electrons. The molecule has 1 aliphatic heterocycles. The molecule has 25 heavy (non-hydrogen) atoms. The predicted molar refractivity (Wildman–Crippen MR) is 96.8 cm³/mol. The third-order valence-corrected chi connectivity index (χ3v) is 5.42. The highest BCUT2D eigenvalue weighted by molar-refractivity contribution is 6.35. The van der Waals surface area contributed by atoms with Crippen molar-refractivity contribution in [3.63, 3.8) is 0 Å². The Morgan fingerprint density at radius 1 is 1.20 bits per heavy atom. The van der Waals surface area contributed by atoms with Crippen LogP contribution in [0.1, 0.15) is 31.2 Å². The van der Waals surface area contributed by atoms with Crippen molar-refractivity contribution >= 4 is 35.0 Å². The molecular formula is C18H22Cl2N2O3. The number of carbonyl (C=O) groups excluding carboxylic acids is 2. The van der Waals surface area contributed by atoms with Gasteiger partial charge in [0.25, 0.3) is 0 Å². The van der Waals surface area contributed by atoms with E-state index in [-0.39, 0.29) is 17.9 Å². The first kappa shape index (κ1) is 18.5. The smallest absolute Gasteiger partial charge is 0.235 e. The van der Waals surface area contributed by atoms with E-state index in [1.54, 1.807) is 12.1 Å². The second-order valence-electron chi connectivity index (χ2n) is 6.67. The second-order valence-corrected chi connectivity index (χ2v) is 7.51. The van der Waals surface area contributed by atoms with E-state index < -0.39 is 5.41 Å². The van der Waals surface area contributed by atoms with Gasteiger partial charge >= 0.3 is 0 Å². The molecule has 5 nitrogen and oxygen atoms in total. The first-order chi connectivity index (χ1) is 12.0. The van der Waals surface area contributed by atoms with Crippen LogP contribution in [-0.2, 0) is 20.7 Å². The third-order valence-electron chi connectivity index (χ3n) is 4.83. The number of nitrogens with one attached hydrogen (secondary N) is 2. The van der Waals surface area contributed by atoms with Crippen LogP contribution in [0, 0.1) is 5.41 Å². The van der Waals surface area contributed by atoms with Gasteiger partial charge in [-0.15, -0.1) is 0 Å². The van der Waals surface area contributed by atoms with Crippen molar-refractivity contribution in [1.82, 2.24) is 10.6 Å². The lowest BCUT2D eigenvalue weighted by Gasteiger charge is -2.17. The van der Waals surface area contributed by atoms with Crippen LogP contribution in [0.5, 0.6) is 0 Å². The fourth-order valence-corrected chi connectivity index (χ4v) is 3.57. The molecule has 0 spiro atoms. The highest BCUT2D eigenvalue weighted by Crippen LogP contribution is 2.46. The first-order valence-corrected chi connectivity index (χ1v) is 9.39. The zero-order valence-electron chi connectivity index (χ0n) is 13.9. The van der Waals surface area contributed by atoms with Gasteiger partial charge in [-0.2, -0.15) is 0 Å². The van der Waals surface area contributed by atoms with E-state index in [9.17, 15) is 9.59 Å². The topological polar surface area (TPSA) is 67.4 Å². The van der Waals surface area contributed by atoms with Crippen LogP contribution in [0.2, 0.25) is 10.0 Å². The number of hydrogen-bond acceptors (Lipinski definition) is 3. The van der Waals surface area contributed by atoms with Crippen molar-refractivity contribution in [1.29, 1.82) is 0 Å². The molecule has 3 rings (SSSR count).